The number of para-hydroxylation sites is 1. The SMILES string of the molecule is N#CC1=C(N)O[C@@H]2[C@H](C(C(F)(F)F)=NN2c2ccccc2)[C@@H]1c1ccc(F)cc1. The molecule has 0 saturated carbocycles. The number of hydrogen-bond donors (Lipinski definition) is 1. The van der Waals surface area contributed by atoms with Crippen LogP contribution in [-0.2, 0) is 4.74 Å². The molecular weight excluding hydrogens is 388 g/mol. The van der Waals surface area contributed by atoms with Crippen LogP contribution in [0.3, 0.4) is 0 Å². The van der Waals surface area contributed by atoms with Crippen LogP contribution in [0.4, 0.5) is 23.2 Å². The number of ether oxygens (including phenoxy) is 1. The van der Waals surface area contributed by atoms with E-state index in [-0.39, 0.29) is 11.5 Å². The predicted octanol–water partition coefficient (Wildman–Crippen LogP) is 4.01. The Hall–Kier alpha value is -3.54. The third-order valence-electron chi connectivity index (χ3n) is 4.92. The highest BCUT2D eigenvalue weighted by Gasteiger charge is 2.57. The fourth-order valence-corrected chi connectivity index (χ4v) is 3.70. The summed E-state index contributed by atoms with van der Waals surface area (Å²) in [6, 6.07) is 15.0. The minimum atomic E-state index is -4.76. The molecule has 5 nitrogen and oxygen atoms in total. The van der Waals surface area contributed by atoms with Crippen molar-refractivity contribution in [1.82, 2.24) is 0 Å². The van der Waals surface area contributed by atoms with Gasteiger partial charge in [-0.25, -0.2) is 9.40 Å². The van der Waals surface area contributed by atoms with Gasteiger partial charge in [0.25, 0.3) is 0 Å². The Morgan fingerprint density at radius 1 is 1.07 bits per heavy atom. The molecule has 0 spiro atoms. The van der Waals surface area contributed by atoms with E-state index in [1.165, 1.54) is 12.1 Å². The molecule has 0 saturated heterocycles. The van der Waals surface area contributed by atoms with Crippen molar-refractivity contribution in [3.63, 3.8) is 0 Å². The minimum Gasteiger partial charge on any atom is -0.452 e. The Morgan fingerprint density at radius 2 is 1.72 bits per heavy atom. The van der Waals surface area contributed by atoms with Gasteiger partial charge in [0, 0.05) is 5.92 Å². The van der Waals surface area contributed by atoms with Crippen molar-refractivity contribution >= 4 is 11.4 Å². The first-order valence-electron chi connectivity index (χ1n) is 8.63. The van der Waals surface area contributed by atoms with E-state index in [0.29, 0.717) is 11.3 Å². The number of halogens is 4. The number of hydrogen-bond acceptors (Lipinski definition) is 5. The first-order valence-corrected chi connectivity index (χ1v) is 8.63. The number of fused-ring (bicyclic) bond motifs is 1. The highest BCUT2D eigenvalue weighted by Crippen LogP contribution is 2.48. The van der Waals surface area contributed by atoms with E-state index >= 15 is 0 Å². The molecule has 0 fully saturated rings. The molecule has 2 heterocycles. The molecule has 0 aromatic heterocycles. The number of allylic oxidation sites excluding steroid dienone is 1. The summed E-state index contributed by atoms with van der Waals surface area (Å²) in [6.45, 7) is 0. The predicted molar refractivity (Wildman–Crippen MR) is 96.7 cm³/mol. The molecule has 0 amide bonds. The van der Waals surface area contributed by atoms with Gasteiger partial charge in [0.1, 0.15) is 11.9 Å². The van der Waals surface area contributed by atoms with Crippen LogP contribution >= 0.6 is 0 Å². The van der Waals surface area contributed by atoms with E-state index in [0.717, 1.165) is 17.1 Å². The molecule has 0 aliphatic carbocycles. The summed E-state index contributed by atoms with van der Waals surface area (Å²) >= 11 is 0. The van der Waals surface area contributed by atoms with Gasteiger partial charge in [-0.2, -0.15) is 23.5 Å². The average molecular weight is 402 g/mol. The molecule has 2 aliphatic rings. The van der Waals surface area contributed by atoms with Gasteiger partial charge in [-0.3, -0.25) is 0 Å². The summed E-state index contributed by atoms with van der Waals surface area (Å²) in [5.41, 5.74) is 5.37. The molecule has 148 valence electrons. The second-order valence-electron chi connectivity index (χ2n) is 6.62. The molecule has 2 aromatic rings. The van der Waals surface area contributed by atoms with Gasteiger partial charge in [0.2, 0.25) is 12.1 Å². The van der Waals surface area contributed by atoms with E-state index in [4.69, 9.17) is 10.5 Å². The average Bonchev–Trinajstić information content (AvgIpc) is 3.08. The van der Waals surface area contributed by atoms with Crippen molar-refractivity contribution < 1.29 is 22.3 Å². The van der Waals surface area contributed by atoms with Crippen LogP contribution in [0.5, 0.6) is 0 Å². The molecule has 0 unspecified atom stereocenters. The van der Waals surface area contributed by atoms with Crippen LogP contribution in [-0.4, -0.2) is 18.1 Å². The van der Waals surface area contributed by atoms with Crippen LogP contribution in [0.25, 0.3) is 0 Å². The second kappa shape index (κ2) is 6.81. The van der Waals surface area contributed by atoms with Gasteiger partial charge in [0.05, 0.1) is 17.2 Å². The van der Waals surface area contributed by atoms with E-state index in [1.54, 1.807) is 30.3 Å². The molecular formula is C20H14F4N4O. The summed E-state index contributed by atoms with van der Waals surface area (Å²) in [6.07, 6.45) is -5.97. The molecule has 4 rings (SSSR count). The first-order chi connectivity index (χ1) is 13.8. The number of rotatable bonds is 2. The number of nitrogens with zero attached hydrogens (tertiary/aromatic N) is 3. The van der Waals surface area contributed by atoms with Crippen LogP contribution in [0.1, 0.15) is 11.5 Å². The quantitative estimate of drug-likeness (QED) is 0.771. The lowest BCUT2D eigenvalue weighted by Crippen LogP contribution is -2.46. The lowest BCUT2D eigenvalue weighted by molar-refractivity contribution is -0.0658. The van der Waals surface area contributed by atoms with Gasteiger partial charge in [-0.1, -0.05) is 30.3 Å². The van der Waals surface area contributed by atoms with Crippen molar-refractivity contribution in [3.05, 3.63) is 77.4 Å². The van der Waals surface area contributed by atoms with Gasteiger partial charge in [-0.15, -0.1) is 0 Å². The number of hydrazone groups is 1. The first kappa shape index (κ1) is 18.8. The van der Waals surface area contributed by atoms with Gasteiger partial charge < -0.3 is 10.5 Å². The Morgan fingerprint density at radius 3 is 2.31 bits per heavy atom. The highest BCUT2D eigenvalue weighted by molar-refractivity contribution is 5.96. The fourth-order valence-electron chi connectivity index (χ4n) is 3.70. The van der Waals surface area contributed by atoms with Crippen molar-refractivity contribution in [1.29, 1.82) is 5.26 Å². The molecule has 0 bridgehead atoms. The largest absolute Gasteiger partial charge is 0.452 e. The van der Waals surface area contributed by atoms with Gasteiger partial charge >= 0.3 is 6.18 Å². The molecule has 9 heteroatoms. The van der Waals surface area contributed by atoms with Crippen molar-refractivity contribution in [2.24, 2.45) is 16.8 Å². The summed E-state index contributed by atoms with van der Waals surface area (Å²) in [4.78, 5) is 0. The van der Waals surface area contributed by atoms with Gasteiger partial charge in [0.15, 0.2) is 5.71 Å². The van der Waals surface area contributed by atoms with Crippen LogP contribution in [0, 0.1) is 23.1 Å². The van der Waals surface area contributed by atoms with Crippen LogP contribution in [0.2, 0.25) is 0 Å². The van der Waals surface area contributed by atoms with E-state index < -0.39 is 35.8 Å². The fraction of sp³-hybridized carbons (Fsp3) is 0.200. The number of benzene rings is 2. The maximum absolute atomic E-state index is 13.9. The molecule has 0 radical (unpaired) electrons. The van der Waals surface area contributed by atoms with E-state index in [1.807, 2.05) is 6.07 Å². The standard InChI is InChI=1S/C20H14F4N4O/c21-12-8-6-11(7-9-12)15-14(10-25)18(26)29-19-16(15)17(20(22,23)24)27-28(19)13-4-2-1-3-5-13/h1-9,15-16,19H,26H2/t15-,16+,19-/m1/s1. The number of alkyl halides is 3. The zero-order chi connectivity index (χ0) is 20.8. The third kappa shape index (κ3) is 3.16. The summed E-state index contributed by atoms with van der Waals surface area (Å²) in [5, 5.41) is 14.5. The molecule has 3 atom stereocenters. The second-order valence-corrected chi connectivity index (χ2v) is 6.62. The topological polar surface area (TPSA) is 74.6 Å². The Kier molecular flexibility index (Phi) is 4.42. The smallest absolute Gasteiger partial charge is 0.431 e. The van der Waals surface area contributed by atoms with Crippen molar-refractivity contribution in [2.75, 3.05) is 5.01 Å². The maximum atomic E-state index is 13.9. The Labute approximate surface area is 163 Å². The third-order valence-corrected chi connectivity index (χ3v) is 4.92. The summed E-state index contributed by atoms with van der Waals surface area (Å²) in [5.74, 6) is -3.27. The number of anilines is 1. The Balaban J connectivity index is 1.90. The van der Waals surface area contributed by atoms with Crippen molar-refractivity contribution in [3.8, 4) is 6.07 Å². The summed E-state index contributed by atoms with van der Waals surface area (Å²) < 4.78 is 60.6. The molecule has 2 N–H and O–H groups in total. The monoisotopic (exact) mass is 402 g/mol. The minimum absolute atomic E-state index is 0.148. The van der Waals surface area contributed by atoms with E-state index in [9.17, 15) is 22.8 Å². The Bertz CT molecular complexity index is 1030. The summed E-state index contributed by atoms with van der Waals surface area (Å²) in [7, 11) is 0. The van der Waals surface area contributed by atoms with Gasteiger partial charge in [-0.05, 0) is 29.8 Å². The zero-order valence-electron chi connectivity index (χ0n) is 14.8. The lowest BCUT2D eigenvalue weighted by Gasteiger charge is -2.37. The zero-order valence-corrected chi connectivity index (χ0v) is 14.8. The number of nitriles is 1. The maximum Gasteiger partial charge on any atom is 0.431 e. The normalized spacial score (nSPS) is 23.9. The van der Waals surface area contributed by atoms with Crippen LogP contribution < -0.4 is 10.7 Å². The molecule has 2 aromatic carbocycles. The molecule has 29 heavy (non-hydrogen) atoms. The van der Waals surface area contributed by atoms with Crippen LogP contribution in [0.15, 0.2) is 71.2 Å². The lowest BCUT2D eigenvalue weighted by atomic mass is 9.76. The highest BCUT2D eigenvalue weighted by atomic mass is 19.4. The van der Waals surface area contributed by atoms with E-state index in [2.05, 4.69) is 5.10 Å². The van der Waals surface area contributed by atoms with Crippen molar-refractivity contribution in [2.45, 2.75) is 18.3 Å². The molecule has 2 aliphatic heterocycles. The number of nitrogens with two attached hydrogens (primary N) is 1.